The van der Waals surface area contributed by atoms with Crippen molar-refractivity contribution in [2.75, 3.05) is 18.5 Å². The van der Waals surface area contributed by atoms with Gasteiger partial charge in [0.15, 0.2) is 0 Å². The van der Waals surface area contributed by atoms with Gasteiger partial charge >= 0.3 is 6.01 Å². The number of hydrogen-bond donors (Lipinski definition) is 3. The zero-order valence-corrected chi connectivity index (χ0v) is 15.2. The minimum absolute atomic E-state index is 0.0699. The summed E-state index contributed by atoms with van der Waals surface area (Å²) in [6.07, 6.45) is 4.51. The highest BCUT2D eigenvalue weighted by Crippen LogP contribution is 2.17. The molecule has 3 rings (SSSR count). The molecule has 3 N–H and O–H groups in total. The summed E-state index contributed by atoms with van der Waals surface area (Å²) in [5, 5.41) is 8.75. The van der Waals surface area contributed by atoms with Crippen molar-refractivity contribution in [1.29, 1.82) is 0 Å². The fraction of sp³-hybridized carbons (Fsp3) is 0.368. The second-order valence-electron chi connectivity index (χ2n) is 6.35. The van der Waals surface area contributed by atoms with E-state index in [4.69, 9.17) is 4.74 Å². The second-order valence-corrected chi connectivity index (χ2v) is 6.35. The van der Waals surface area contributed by atoms with E-state index < -0.39 is 0 Å². The van der Waals surface area contributed by atoms with Gasteiger partial charge in [0.1, 0.15) is 0 Å². The standard InChI is InChI=1S/C19H23N5O3/c1-2-7-27-19-22-11-16(12-23-19)24-15-5-3-13(4-6-15)9-21-18(26)14-8-17(25)20-10-14/h3-6,11-12,14,24H,2,7-10H2,1H3,(H,20,25)(H,21,26). The second kappa shape index (κ2) is 8.98. The van der Waals surface area contributed by atoms with Gasteiger partial charge in [0, 0.05) is 25.2 Å². The molecule has 0 aliphatic carbocycles. The number of rotatable bonds is 8. The monoisotopic (exact) mass is 369 g/mol. The zero-order valence-electron chi connectivity index (χ0n) is 15.2. The van der Waals surface area contributed by atoms with E-state index in [9.17, 15) is 9.59 Å². The fourth-order valence-electron chi connectivity index (χ4n) is 2.65. The number of nitrogens with one attached hydrogen (secondary N) is 3. The lowest BCUT2D eigenvalue weighted by Gasteiger charge is -2.10. The van der Waals surface area contributed by atoms with Crippen LogP contribution in [0.3, 0.4) is 0 Å². The summed E-state index contributed by atoms with van der Waals surface area (Å²) in [6.45, 7) is 3.46. The topological polar surface area (TPSA) is 105 Å². The Bertz CT molecular complexity index is 777. The highest BCUT2D eigenvalue weighted by atomic mass is 16.5. The Kier molecular flexibility index (Phi) is 6.19. The Morgan fingerprint density at radius 1 is 1.22 bits per heavy atom. The first-order valence-electron chi connectivity index (χ1n) is 8.99. The van der Waals surface area contributed by atoms with E-state index in [1.54, 1.807) is 12.4 Å². The molecule has 1 aromatic heterocycles. The predicted octanol–water partition coefficient (Wildman–Crippen LogP) is 1.76. The lowest BCUT2D eigenvalue weighted by Crippen LogP contribution is -2.31. The Labute approximate surface area is 157 Å². The van der Waals surface area contributed by atoms with Gasteiger partial charge in [-0.2, -0.15) is 0 Å². The molecule has 142 valence electrons. The molecular weight excluding hydrogens is 346 g/mol. The third kappa shape index (κ3) is 5.40. The summed E-state index contributed by atoms with van der Waals surface area (Å²) in [5.74, 6) is -0.444. The van der Waals surface area contributed by atoms with E-state index >= 15 is 0 Å². The molecule has 2 heterocycles. The molecule has 1 aliphatic heterocycles. The Morgan fingerprint density at radius 3 is 2.59 bits per heavy atom. The van der Waals surface area contributed by atoms with Crippen LogP contribution in [0.1, 0.15) is 25.3 Å². The van der Waals surface area contributed by atoms with Gasteiger partial charge in [-0.05, 0) is 24.1 Å². The number of ether oxygens (including phenoxy) is 1. The maximum atomic E-state index is 12.0. The van der Waals surface area contributed by atoms with Crippen molar-refractivity contribution in [2.24, 2.45) is 5.92 Å². The van der Waals surface area contributed by atoms with E-state index in [0.29, 0.717) is 25.7 Å². The van der Waals surface area contributed by atoms with Crippen LogP contribution in [-0.4, -0.2) is 34.9 Å². The van der Waals surface area contributed by atoms with E-state index in [2.05, 4.69) is 25.9 Å². The molecule has 1 atom stereocenters. The minimum Gasteiger partial charge on any atom is -0.463 e. The molecule has 1 fully saturated rings. The molecule has 1 saturated heterocycles. The van der Waals surface area contributed by atoms with Gasteiger partial charge in [-0.3, -0.25) is 9.59 Å². The van der Waals surface area contributed by atoms with Crippen LogP contribution in [0.4, 0.5) is 11.4 Å². The summed E-state index contributed by atoms with van der Waals surface area (Å²) in [4.78, 5) is 31.5. The summed E-state index contributed by atoms with van der Waals surface area (Å²) in [7, 11) is 0. The van der Waals surface area contributed by atoms with Crippen molar-refractivity contribution in [3.63, 3.8) is 0 Å². The van der Waals surface area contributed by atoms with Crippen LogP contribution in [0.2, 0.25) is 0 Å². The smallest absolute Gasteiger partial charge is 0.316 e. The third-order valence-electron chi connectivity index (χ3n) is 4.12. The molecule has 8 nitrogen and oxygen atoms in total. The van der Waals surface area contributed by atoms with Gasteiger partial charge in [-0.1, -0.05) is 19.1 Å². The Morgan fingerprint density at radius 2 is 1.96 bits per heavy atom. The maximum absolute atomic E-state index is 12.0. The molecule has 0 saturated carbocycles. The normalized spacial score (nSPS) is 15.9. The van der Waals surface area contributed by atoms with Crippen molar-refractivity contribution in [1.82, 2.24) is 20.6 Å². The number of anilines is 2. The Balaban J connectivity index is 1.48. The number of amides is 2. The van der Waals surface area contributed by atoms with Crippen LogP contribution < -0.4 is 20.7 Å². The van der Waals surface area contributed by atoms with Gasteiger partial charge in [-0.25, -0.2) is 9.97 Å². The summed E-state index contributed by atoms with van der Waals surface area (Å²) in [5.41, 5.74) is 2.63. The molecule has 0 radical (unpaired) electrons. The average molecular weight is 369 g/mol. The van der Waals surface area contributed by atoms with E-state index in [0.717, 1.165) is 23.4 Å². The van der Waals surface area contributed by atoms with Crippen LogP contribution in [0, 0.1) is 5.92 Å². The van der Waals surface area contributed by atoms with Crippen molar-refractivity contribution in [3.8, 4) is 6.01 Å². The lowest BCUT2D eigenvalue weighted by atomic mass is 10.1. The molecule has 1 unspecified atom stereocenters. The minimum atomic E-state index is -0.275. The first kappa shape index (κ1) is 18.6. The highest BCUT2D eigenvalue weighted by molar-refractivity contribution is 5.89. The van der Waals surface area contributed by atoms with Gasteiger partial charge < -0.3 is 20.7 Å². The van der Waals surface area contributed by atoms with Crippen LogP contribution in [-0.2, 0) is 16.1 Å². The quantitative estimate of drug-likeness (QED) is 0.655. The van der Waals surface area contributed by atoms with Gasteiger partial charge in [0.25, 0.3) is 0 Å². The largest absolute Gasteiger partial charge is 0.463 e. The van der Waals surface area contributed by atoms with E-state index in [1.807, 2.05) is 31.2 Å². The SMILES string of the molecule is CCCOc1ncc(Nc2ccc(CNC(=O)C3CNC(=O)C3)cc2)cn1. The molecule has 0 spiro atoms. The fourth-order valence-corrected chi connectivity index (χ4v) is 2.65. The molecule has 27 heavy (non-hydrogen) atoms. The number of carbonyl (C=O) groups excluding carboxylic acids is 2. The lowest BCUT2D eigenvalue weighted by molar-refractivity contribution is -0.126. The highest BCUT2D eigenvalue weighted by Gasteiger charge is 2.27. The number of hydrogen-bond acceptors (Lipinski definition) is 6. The van der Waals surface area contributed by atoms with Gasteiger partial charge in [-0.15, -0.1) is 0 Å². The summed E-state index contributed by atoms with van der Waals surface area (Å²) in [6, 6.07) is 8.07. The number of aromatic nitrogens is 2. The molecule has 8 heteroatoms. The van der Waals surface area contributed by atoms with Crippen molar-refractivity contribution in [3.05, 3.63) is 42.2 Å². The third-order valence-corrected chi connectivity index (χ3v) is 4.12. The molecule has 2 aromatic rings. The van der Waals surface area contributed by atoms with Crippen molar-refractivity contribution >= 4 is 23.2 Å². The molecule has 1 aromatic carbocycles. The van der Waals surface area contributed by atoms with Crippen LogP contribution in [0.15, 0.2) is 36.7 Å². The Hall–Kier alpha value is -3.16. The van der Waals surface area contributed by atoms with E-state index in [-0.39, 0.29) is 24.2 Å². The first-order valence-corrected chi connectivity index (χ1v) is 8.99. The predicted molar refractivity (Wildman–Crippen MR) is 101 cm³/mol. The molecule has 0 bridgehead atoms. The zero-order chi connectivity index (χ0) is 19.1. The number of nitrogens with zero attached hydrogens (tertiary/aromatic N) is 2. The van der Waals surface area contributed by atoms with Crippen LogP contribution in [0.5, 0.6) is 6.01 Å². The van der Waals surface area contributed by atoms with Crippen molar-refractivity contribution in [2.45, 2.75) is 26.3 Å². The van der Waals surface area contributed by atoms with Gasteiger partial charge in [0.2, 0.25) is 11.8 Å². The van der Waals surface area contributed by atoms with E-state index in [1.165, 1.54) is 0 Å². The average Bonchev–Trinajstić information content (AvgIpc) is 3.13. The van der Waals surface area contributed by atoms with Crippen LogP contribution >= 0.6 is 0 Å². The molecule has 2 amide bonds. The molecule has 1 aliphatic rings. The van der Waals surface area contributed by atoms with Crippen LogP contribution in [0.25, 0.3) is 0 Å². The first-order chi connectivity index (χ1) is 13.1. The van der Waals surface area contributed by atoms with Crippen molar-refractivity contribution < 1.29 is 14.3 Å². The number of benzene rings is 1. The maximum Gasteiger partial charge on any atom is 0.316 e. The summed E-state index contributed by atoms with van der Waals surface area (Å²) < 4.78 is 5.36. The van der Waals surface area contributed by atoms with Gasteiger partial charge in [0.05, 0.1) is 30.6 Å². The molecular formula is C19H23N5O3. The number of carbonyl (C=O) groups is 2. The summed E-state index contributed by atoms with van der Waals surface area (Å²) >= 11 is 0.